The third-order valence-corrected chi connectivity index (χ3v) is 7.07. The summed E-state index contributed by atoms with van der Waals surface area (Å²) in [7, 11) is -3.65. The summed E-state index contributed by atoms with van der Waals surface area (Å²) >= 11 is 0. The molecule has 0 aromatic heterocycles. The molecule has 1 unspecified atom stereocenters. The molecule has 2 aliphatic heterocycles. The van der Waals surface area contributed by atoms with Crippen LogP contribution < -0.4 is 10.6 Å². The smallest absolute Gasteiger partial charge is 0.206 e. The minimum Gasteiger partial charge on any atom is -0.381 e. The SMILES string of the molecule is CC1CNCC[C@@H]2Nc3ccc(S(=O)(=O)c4ccc(F)cc4)cc3[C@@H]12. The Bertz CT molecular complexity index is 896. The van der Waals surface area contributed by atoms with E-state index in [2.05, 4.69) is 17.6 Å². The fourth-order valence-corrected chi connectivity index (χ4v) is 5.34. The molecule has 6 heteroatoms. The van der Waals surface area contributed by atoms with Crippen LogP contribution >= 0.6 is 0 Å². The van der Waals surface area contributed by atoms with Crippen molar-refractivity contribution in [1.29, 1.82) is 0 Å². The van der Waals surface area contributed by atoms with E-state index in [1.807, 2.05) is 6.07 Å². The van der Waals surface area contributed by atoms with Gasteiger partial charge < -0.3 is 10.6 Å². The molecule has 0 bridgehead atoms. The largest absolute Gasteiger partial charge is 0.381 e. The average Bonchev–Trinajstić information content (AvgIpc) is 2.86. The predicted molar refractivity (Wildman–Crippen MR) is 95.1 cm³/mol. The van der Waals surface area contributed by atoms with Crippen molar-refractivity contribution < 1.29 is 12.8 Å². The number of rotatable bonds is 2. The highest BCUT2D eigenvalue weighted by Crippen LogP contribution is 2.43. The van der Waals surface area contributed by atoms with Crippen LogP contribution in [0, 0.1) is 11.7 Å². The first-order chi connectivity index (χ1) is 12.0. The lowest BCUT2D eigenvalue weighted by atomic mass is 9.84. The molecule has 1 saturated heterocycles. The van der Waals surface area contributed by atoms with Crippen molar-refractivity contribution in [1.82, 2.24) is 5.32 Å². The van der Waals surface area contributed by atoms with E-state index in [1.54, 1.807) is 12.1 Å². The maximum absolute atomic E-state index is 13.1. The topological polar surface area (TPSA) is 58.2 Å². The quantitative estimate of drug-likeness (QED) is 0.808. The maximum Gasteiger partial charge on any atom is 0.206 e. The molecule has 2 aromatic carbocycles. The van der Waals surface area contributed by atoms with Gasteiger partial charge in [-0.3, -0.25) is 0 Å². The van der Waals surface area contributed by atoms with Gasteiger partial charge in [-0.1, -0.05) is 6.92 Å². The highest BCUT2D eigenvalue weighted by atomic mass is 32.2. The van der Waals surface area contributed by atoms with Crippen LogP contribution in [0.1, 0.15) is 24.8 Å². The molecular formula is C19H21FN2O2S. The van der Waals surface area contributed by atoms with Gasteiger partial charge in [0.25, 0.3) is 0 Å². The van der Waals surface area contributed by atoms with Crippen LogP contribution in [0.4, 0.5) is 10.1 Å². The van der Waals surface area contributed by atoms with Gasteiger partial charge in [0.1, 0.15) is 5.82 Å². The molecule has 3 atom stereocenters. The fourth-order valence-electron chi connectivity index (χ4n) is 4.04. The van der Waals surface area contributed by atoms with Gasteiger partial charge in [0, 0.05) is 17.6 Å². The summed E-state index contributed by atoms with van der Waals surface area (Å²) in [6.45, 7) is 4.10. The number of nitrogens with one attached hydrogen (secondary N) is 2. The summed E-state index contributed by atoms with van der Waals surface area (Å²) in [5, 5.41) is 6.99. The molecule has 132 valence electrons. The van der Waals surface area contributed by atoms with Gasteiger partial charge in [0.05, 0.1) is 9.79 Å². The van der Waals surface area contributed by atoms with Crippen LogP contribution in [0.3, 0.4) is 0 Å². The van der Waals surface area contributed by atoms with E-state index in [1.165, 1.54) is 24.3 Å². The van der Waals surface area contributed by atoms with Gasteiger partial charge >= 0.3 is 0 Å². The third-order valence-electron chi connectivity index (χ3n) is 5.30. The zero-order valence-corrected chi connectivity index (χ0v) is 14.8. The molecule has 0 radical (unpaired) electrons. The van der Waals surface area contributed by atoms with Gasteiger partial charge in [-0.2, -0.15) is 0 Å². The van der Waals surface area contributed by atoms with Crippen LogP contribution in [0.5, 0.6) is 0 Å². The Kier molecular flexibility index (Phi) is 4.04. The number of halogens is 1. The zero-order valence-electron chi connectivity index (χ0n) is 14.0. The molecule has 2 N–H and O–H groups in total. The summed E-state index contributed by atoms with van der Waals surface area (Å²) in [6.07, 6.45) is 1.02. The van der Waals surface area contributed by atoms with E-state index in [4.69, 9.17) is 0 Å². The van der Waals surface area contributed by atoms with Crippen LogP contribution in [0.2, 0.25) is 0 Å². The van der Waals surface area contributed by atoms with Gasteiger partial charge in [-0.05, 0) is 73.5 Å². The lowest BCUT2D eigenvalue weighted by Gasteiger charge is -2.22. The fraction of sp³-hybridized carbons (Fsp3) is 0.368. The van der Waals surface area contributed by atoms with Crippen molar-refractivity contribution in [3.8, 4) is 0 Å². The number of sulfone groups is 1. The number of hydrogen-bond donors (Lipinski definition) is 2. The first-order valence-electron chi connectivity index (χ1n) is 8.58. The van der Waals surface area contributed by atoms with E-state index in [0.717, 1.165) is 30.8 Å². The highest BCUT2D eigenvalue weighted by molar-refractivity contribution is 7.91. The van der Waals surface area contributed by atoms with Gasteiger partial charge in [0.2, 0.25) is 9.84 Å². The molecule has 2 heterocycles. The second-order valence-corrected chi connectivity index (χ2v) is 8.90. The van der Waals surface area contributed by atoms with Crippen molar-refractivity contribution >= 4 is 15.5 Å². The molecule has 2 aromatic rings. The van der Waals surface area contributed by atoms with Crippen molar-refractivity contribution in [2.75, 3.05) is 18.4 Å². The number of benzene rings is 2. The normalized spacial score (nSPS) is 25.6. The maximum atomic E-state index is 13.1. The van der Waals surface area contributed by atoms with Crippen molar-refractivity contribution in [2.24, 2.45) is 5.92 Å². The Morgan fingerprint density at radius 2 is 1.80 bits per heavy atom. The standard InChI is InChI=1S/C19H21FN2O2S/c1-12-11-21-9-8-18-19(12)16-10-15(6-7-17(16)22-18)25(23,24)14-4-2-13(20)3-5-14/h2-7,10,12,18-19,21-22H,8-9,11H2,1H3/t12?,18-,19+/m0/s1. The Labute approximate surface area is 147 Å². The molecule has 1 fully saturated rings. The van der Waals surface area contributed by atoms with Crippen molar-refractivity contribution in [3.63, 3.8) is 0 Å². The Morgan fingerprint density at radius 3 is 2.56 bits per heavy atom. The molecule has 25 heavy (non-hydrogen) atoms. The van der Waals surface area contributed by atoms with E-state index in [0.29, 0.717) is 17.9 Å². The number of anilines is 1. The monoisotopic (exact) mass is 360 g/mol. The van der Waals surface area contributed by atoms with Gasteiger partial charge in [-0.15, -0.1) is 0 Å². The lowest BCUT2D eigenvalue weighted by Crippen LogP contribution is -2.25. The minimum absolute atomic E-state index is 0.118. The van der Waals surface area contributed by atoms with E-state index >= 15 is 0 Å². The predicted octanol–water partition coefficient (Wildman–Crippen LogP) is 3.17. The second kappa shape index (κ2) is 6.11. The van der Waals surface area contributed by atoms with E-state index in [-0.39, 0.29) is 9.79 Å². The first kappa shape index (κ1) is 16.5. The summed E-state index contributed by atoms with van der Waals surface area (Å²) in [5.41, 5.74) is 2.10. The van der Waals surface area contributed by atoms with E-state index < -0.39 is 15.7 Å². The van der Waals surface area contributed by atoms with Crippen molar-refractivity contribution in [2.45, 2.75) is 35.1 Å². The van der Waals surface area contributed by atoms with Crippen LogP contribution in [0.15, 0.2) is 52.3 Å². The highest BCUT2D eigenvalue weighted by Gasteiger charge is 2.37. The number of fused-ring (bicyclic) bond motifs is 3. The third kappa shape index (κ3) is 2.83. The minimum atomic E-state index is -3.65. The second-order valence-electron chi connectivity index (χ2n) is 6.95. The lowest BCUT2D eigenvalue weighted by molar-refractivity contribution is 0.443. The molecule has 4 rings (SSSR count). The number of hydrogen-bond acceptors (Lipinski definition) is 4. The summed E-state index contributed by atoms with van der Waals surface area (Å²) < 4.78 is 38.9. The Morgan fingerprint density at radius 1 is 1.08 bits per heavy atom. The molecule has 0 saturated carbocycles. The molecule has 4 nitrogen and oxygen atoms in total. The Hall–Kier alpha value is -1.92. The van der Waals surface area contributed by atoms with Gasteiger partial charge in [-0.25, -0.2) is 12.8 Å². The van der Waals surface area contributed by atoms with E-state index in [9.17, 15) is 12.8 Å². The zero-order chi connectivity index (χ0) is 17.6. The molecular weight excluding hydrogens is 339 g/mol. The van der Waals surface area contributed by atoms with Crippen LogP contribution in [-0.4, -0.2) is 27.5 Å². The summed E-state index contributed by atoms with van der Waals surface area (Å²) in [5.74, 6) is 0.276. The Balaban J connectivity index is 1.76. The first-order valence-corrected chi connectivity index (χ1v) is 10.1. The molecule has 0 aliphatic carbocycles. The average molecular weight is 360 g/mol. The molecule has 0 spiro atoms. The van der Waals surface area contributed by atoms with Gasteiger partial charge in [0.15, 0.2) is 0 Å². The van der Waals surface area contributed by atoms with Crippen molar-refractivity contribution in [3.05, 3.63) is 53.8 Å². The van der Waals surface area contributed by atoms with Crippen LogP contribution in [0.25, 0.3) is 0 Å². The summed E-state index contributed by atoms with van der Waals surface area (Å²) in [6, 6.07) is 10.6. The summed E-state index contributed by atoms with van der Waals surface area (Å²) in [4.78, 5) is 0.386. The molecule has 2 aliphatic rings. The van der Waals surface area contributed by atoms with Crippen LogP contribution in [-0.2, 0) is 9.84 Å². The molecule has 0 amide bonds.